The second kappa shape index (κ2) is 4.11. The van der Waals surface area contributed by atoms with Gasteiger partial charge < -0.3 is 0 Å². The minimum atomic E-state index is 0.157. The minimum absolute atomic E-state index is 0.157. The van der Waals surface area contributed by atoms with Crippen molar-refractivity contribution in [1.82, 2.24) is 0 Å². The molecule has 3 rings (SSSR count). The van der Waals surface area contributed by atoms with Gasteiger partial charge in [0.2, 0.25) is 0 Å². The van der Waals surface area contributed by atoms with Crippen LogP contribution in [0.2, 0.25) is 0 Å². The molecule has 86 valence electrons. The van der Waals surface area contributed by atoms with E-state index in [4.69, 9.17) is 0 Å². The zero-order valence-electron chi connectivity index (χ0n) is 9.94. The van der Waals surface area contributed by atoms with Gasteiger partial charge in [0, 0.05) is 25.0 Å². The van der Waals surface area contributed by atoms with Crippen LogP contribution in [0.3, 0.4) is 0 Å². The smallest absolute Gasteiger partial charge is 0.0262 e. The predicted octanol–water partition coefficient (Wildman–Crippen LogP) is 5.25. The van der Waals surface area contributed by atoms with Crippen molar-refractivity contribution in [3.8, 4) is 0 Å². The summed E-state index contributed by atoms with van der Waals surface area (Å²) in [5.74, 6) is 0. The first-order valence-corrected chi connectivity index (χ1v) is 7.35. The zero-order valence-corrected chi connectivity index (χ0v) is 11.6. The standard InChI is InChI=1S/C15H14S2/c1-15(2)9-7-13-14(8-10-15)17-12-6-4-3-5-11(12)16-13/h3-10H,1-2H3. The van der Waals surface area contributed by atoms with Crippen molar-refractivity contribution < 1.29 is 0 Å². The third-order valence-corrected chi connectivity index (χ3v) is 5.42. The van der Waals surface area contributed by atoms with Crippen LogP contribution < -0.4 is 0 Å². The molecule has 0 saturated carbocycles. The highest BCUT2D eigenvalue weighted by Gasteiger charge is 2.20. The van der Waals surface area contributed by atoms with Crippen molar-refractivity contribution in [2.45, 2.75) is 23.6 Å². The molecule has 1 aromatic rings. The van der Waals surface area contributed by atoms with Crippen LogP contribution in [0.4, 0.5) is 0 Å². The molecule has 0 amide bonds. The van der Waals surface area contributed by atoms with Gasteiger partial charge in [-0.2, -0.15) is 0 Å². The number of hydrogen-bond donors (Lipinski definition) is 0. The van der Waals surface area contributed by atoms with Crippen molar-refractivity contribution >= 4 is 23.5 Å². The highest BCUT2D eigenvalue weighted by Crippen LogP contribution is 2.49. The second-order valence-corrected chi connectivity index (χ2v) is 7.03. The van der Waals surface area contributed by atoms with Crippen LogP contribution in [0.15, 0.2) is 68.2 Å². The molecule has 1 heterocycles. The normalized spacial score (nSPS) is 20.8. The van der Waals surface area contributed by atoms with E-state index in [1.165, 1.54) is 19.6 Å². The van der Waals surface area contributed by atoms with Crippen molar-refractivity contribution in [2.75, 3.05) is 0 Å². The van der Waals surface area contributed by atoms with E-state index in [1.54, 1.807) is 0 Å². The third-order valence-electron chi connectivity index (χ3n) is 2.86. The molecule has 0 bridgehead atoms. The van der Waals surface area contributed by atoms with Crippen LogP contribution in [-0.4, -0.2) is 0 Å². The molecular formula is C15H14S2. The minimum Gasteiger partial charge on any atom is -0.0877 e. The lowest BCUT2D eigenvalue weighted by atomic mass is 9.93. The Morgan fingerprint density at radius 2 is 1.29 bits per heavy atom. The van der Waals surface area contributed by atoms with Gasteiger partial charge in [-0.05, 0) is 12.1 Å². The van der Waals surface area contributed by atoms with E-state index < -0.39 is 0 Å². The summed E-state index contributed by atoms with van der Waals surface area (Å²) in [4.78, 5) is 5.48. The fourth-order valence-corrected chi connectivity index (χ4v) is 4.04. The fourth-order valence-electron chi connectivity index (χ4n) is 1.83. The molecule has 2 heteroatoms. The SMILES string of the molecule is CC1(C)C=CC2=C(C=C1)Sc1ccccc1S2. The van der Waals surface area contributed by atoms with Gasteiger partial charge in [0.25, 0.3) is 0 Å². The first-order valence-electron chi connectivity index (χ1n) is 5.72. The first-order chi connectivity index (χ1) is 8.14. The Labute approximate surface area is 111 Å². The average molecular weight is 258 g/mol. The molecule has 0 fully saturated rings. The third kappa shape index (κ3) is 2.24. The Balaban J connectivity index is 2.02. The summed E-state index contributed by atoms with van der Waals surface area (Å²) in [6.45, 7) is 4.47. The number of allylic oxidation sites excluding steroid dienone is 4. The summed E-state index contributed by atoms with van der Waals surface area (Å²) in [6.07, 6.45) is 9.10. The number of hydrogen-bond acceptors (Lipinski definition) is 2. The van der Waals surface area contributed by atoms with Crippen molar-refractivity contribution in [2.24, 2.45) is 5.41 Å². The zero-order chi connectivity index (χ0) is 11.9. The quantitative estimate of drug-likeness (QED) is 0.623. The summed E-state index contributed by atoms with van der Waals surface area (Å²) < 4.78 is 0. The van der Waals surface area contributed by atoms with E-state index in [0.717, 1.165) is 0 Å². The summed E-state index contributed by atoms with van der Waals surface area (Å²) in [5, 5.41) is 0. The van der Waals surface area contributed by atoms with Crippen LogP contribution in [0.25, 0.3) is 0 Å². The van der Waals surface area contributed by atoms with Crippen LogP contribution in [0.5, 0.6) is 0 Å². The van der Waals surface area contributed by atoms with Gasteiger partial charge in [-0.25, -0.2) is 0 Å². The molecule has 17 heavy (non-hydrogen) atoms. The maximum Gasteiger partial charge on any atom is 0.0262 e. The van der Waals surface area contributed by atoms with Gasteiger partial charge in [-0.3, -0.25) is 0 Å². The monoisotopic (exact) mass is 258 g/mol. The van der Waals surface area contributed by atoms with Crippen molar-refractivity contribution in [3.63, 3.8) is 0 Å². The number of fused-ring (bicyclic) bond motifs is 1. The average Bonchev–Trinajstić information content (AvgIpc) is 2.47. The van der Waals surface area contributed by atoms with Gasteiger partial charge in [0.1, 0.15) is 0 Å². The maximum atomic E-state index is 2.29. The van der Waals surface area contributed by atoms with E-state index in [1.807, 2.05) is 23.5 Å². The molecule has 1 aliphatic carbocycles. The lowest BCUT2D eigenvalue weighted by molar-refractivity contribution is 0.627. The molecule has 1 aromatic carbocycles. The molecule has 1 aliphatic heterocycles. The molecule has 0 radical (unpaired) electrons. The Morgan fingerprint density at radius 1 is 0.824 bits per heavy atom. The van der Waals surface area contributed by atoms with Crippen molar-refractivity contribution in [1.29, 1.82) is 0 Å². The number of benzene rings is 1. The topological polar surface area (TPSA) is 0 Å². The van der Waals surface area contributed by atoms with E-state index in [-0.39, 0.29) is 5.41 Å². The second-order valence-electron chi connectivity index (χ2n) is 4.87. The molecule has 0 N–H and O–H groups in total. The molecule has 2 aliphatic rings. The molecule has 0 atom stereocenters. The summed E-state index contributed by atoms with van der Waals surface area (Å²) in [6, 6.07) is 8.62. The first kappa shape index (κ1) is 11.2. The molecule has 0 aromatic heterocycles. The Hall–Kier alpha value is -0.860. The molecule has 0 saturated heterocycles. The summed E-state index contributed by atoms with van der Waals surface area (Å²) in [5.41, 5.74) is 0.157. The van der Waals surface area contributed by atoms with Crippen LogP contribution in [0, 0.1) is 5.41 Å². The lowest BCUT2D eigenvalue weighted by Crippen LogP contribution is -2.00. The van der Waals surface area contributed by atoms with Gasteiger partial charge in [0.05, 0.1) is 0 Å². The fraction of sp³-hybridized carbons (Fsp3) is 0.200. The largest absolute Gasteiger partial charge is 0.0877 e. The summed E-state index contributed by atoms with van der Waals surface area (Å²) in [7, 11) is 0. The van der Waals surface area contributed by atoms with E-state index in [0.29, 0.717) is 0 Å². The van der Waals surface area contributed by atoms with Crippen LogP contribution in [-0.2, 0) is 0 Å². The Kier molecular flexibility index (Phi) is 2.72. The highest BCUT2D eigenvalue weighted by molar-refractivity contribution is 8.09. The molecule has 0 unspecified atom stereocenters. The van der Waals surface area contributed by atoms with E-state index in [9.17, 15) is 0 Å². The lowest BCUT2D eigenvalue weighted by Gasteiger charge is -2.17. The Bertz CT molecular complexity index is 501. The van der Waals surface area contributed by atoms with E-state index in [2.05, 4.69) is 62.4 Å². The van der Waals surface area contributed by atoms with Gasteiger partial charge in [-0.1, -0.05) is 73.8 Å². The van der Waals surface area contributed by atoms with Gasteiger partial charge in [0.15, 0.2) is 0 Å². The van der Waals surface area contributed by atoms with Crippen molar-refractivity contribution in [3.05, 3.63) is 58.4 Å². The highest BCUT2D eigenvalue weighted by atomic mass is 32.2. The predicted molar refractivity (Wildman–Crippen MR) is 77.2 cm³/mol. The molecule has 0 spiro atoms. The number of rotatable bonds is 0. The molecular weight excluding hydrogens is 244 g/mol. The van der Waals surface area contributed by atoms with Crippen LogP contribution in [0.1, 0.15) is 13.8 Å². The Morgan fingerprint density at radius 3 is 1.76 bits per heavy atom. The van der Waals surface area contributed by atoms with Gasteiger partial charge >= 0.3 is 0 Å². The summed E-state index contributed by atoms with van der Waals surface area (Å²) >= 11 is 3.75. The van der Waals surface area contributed by atoms with Gasteiger partial charge in [-0.15, -0.1) is 0 Å². The number of thioether (sulfide) groups is 2. The van der Waals surface area contributed by atoms with Crippen LogP contribution >= 0.6 is 23.5 Å². The molecule has 0 nitrogen and oxygen atoms in total. The maximum absolute atomic E-state index is 2.29. The van der Waals surface area contributed by atoms with E-state index >= 15 is 0 Å².